The van der Waals surface area contributed by atoms with Crippen LogP contribution in [-0.4, -0.2) is 43.0 Å². The Morgan fingerprint density at radius 1 is 1.00 bits per heavy atom. The van der Waals surface area contributed by atoms with Gasteiger partial charge in [-0.2, -0.15) is 0 Å². The first-order valence-electron chi connectivity index (χ1n) is 7.12. The van der Waals surface area contributed by atoms with Gasteiger partial charge in [0.2, 0.25) is 5.91 Å². The molecule has 0 aliphatic heterocycles. The van der Waals surface area contributed by atoms with Crippen LogP contribution in [0.2, 0.25) is 0 Å². The summed E-state index contributed by atoms with van der Waals surface area (Å²) in [4.78, 5) is 26.0. The zero-order valence-corrected chi connectivity index (χ0v) is 13.0. The second kappa shape index (κ2) is 8.29. The zero-order chi connectivity index (χ0) is 15.8. The number of hydrogen-bond donors (Lipinski definition) is 1. The van der Waals surface area contributed by atoms with E-state index in [4.69, 9.17) is 5.11 Å². The Morgan fingerprint density at radius 3 is 2.10 bits per heavy atom. The summed E-state index contributed by atoms with van der Waals surface area (Å²) >= 11 is 0. The molecule has 0 aliphatic carbocycles. The van der Waals surface area contributed by atoms with Crippen molar-refractivity contribution in [3.8, 4) is 0 Å². The SMILES string of the molecule is CN(Cc1ccc(N(C)C)cc1)C(=O)CCCCC(=O)O. The Hall–Kier alpha value is -2.04. The van der Waals surface area contributed by atoms with Gasteiger partial charge in [0.05, 0.1) is 0 Å². The molecule has 116 valence electrons. The van der Waals surface area contributed by atoms with Crippen molar-refractivity contribution in [1.29, 1.82) is 0 Å². The van der Waals surface area contributed by atoms with E-state index in [1.807, 2.05) is 43.3 Å². The van der Waals surface area contributed by atoms with Gasteiger partial charge >= 0.3 is 5.97 Å². The van der Waals surface area contributed by atoms with Crippen LogP contribution in [0.1, 0.15) is 31.2 Å². The van der Waals surface area contributed by atoms with Crippen LogP contribution >= 0.6 is 0 Å². The minimum Gasteiger partial charge on any atom is -0.481 e. The summed E-state index contributed by atoms with van der Waals surface area (Å²) in [6.07, 6.45) is 1.70. The molecule has 0 atom stereocenters. The number of carbonyl (C=O) groups is 2. The highest BCUT2D eigenvalue weighted by atomic mass is 16.4. The number of nitrogens with zero attached hydrogens (tertiary/aromatic N) is 2. The average Bonchev–Trinajstić information content (AvgIpc) is 2.43. The van der Waals surface area contributed by atoms with Gasteiger partial charge in [-0.3, -0.25) is 9.59 Å². The van der Waals surface area contributed by atoms with Gasteiger partial charge in [0.1, 0.15) is 0 Å². The van der Waals surface area contributed by atoms with Gasteiger partial charge < -0.3 is 14.9 Å². The lowest BCUT2D eigenvalue weighted by atomic mass is 10.1. The minimum absolute atomic E-state index is 0.0528. The molecule has 1 aromatic rings. The first-order chi connectivity index (χ1) is 9.90. The van der Waals surface area contributed by atoms with Crippen molar-refractivity contribution in [3.63, 3.8) is 0 Å². The number of rotatable bonds is 8. The predicted molar refractivity (Wildman–Crippen MR) is 83.3 cm³/mol. The van der Waals surface area contributed by atoms with E-state index in [0.29, 0.717) is 25.8 Å². The summed E-state index contributed by atoms with van der Waals surface area (Å²) in [7, 11) is 5.75. The van der Waals surface area contributed by atoms with Crippen LogP contribution in [0.15, 0.2) is 24.3 Å². The molecule has 1 amide bonds. The van der Waals surface area contributed by atoms with Gasteiger partial charge in [-0.15, -0.1) is 0 Å². The third-order valence-corrected chi connectivity index (χ3v) is 3.33. The molecule has 5 heteroatoms. The van der Waals surface area contributed by atoms with E-state index in [9.17, 15) is 9.59 Å². The smallest absolute Gasteiger partial charge is 0.303 e. The molecule has 0 aromatic heterocycles. The standard InChI is InChI=1S/C16H24N2O3/c1-17(2)14-10-8-13(9-11-14)12-18(3)15(19)6-4-5-7-16(20)21/h8-11H,4-7,12H2,1-3H3,(H,20,21). The molecule has 0 fully saturated rings. The van der Waals surface area contributed by atoms with E-state index in [-0.39, 0.29) is 12.3 Å². The summed E-state index contributed by atoms with van der Waals surface area (Å²) in [5.41, 5.74) is 2.21. The molecule has 0 unspecified atom stereocenters. The molecule has 0 spiro atoms. The summed E-state index contributed by atoms with van der Waals surface area (Å²) in [5, 5.41) is 8.55. The van der Waals surface area contributed by atoms with Crippen molar-refractivity contribution in [3.05, 3.63) is 29.8 Å². The Bertz CT molecular complexity index is 469. The molecule has 0 bridgehead atoms. The first-order valence-corrected chi connectivity index (χ1v) is 7.12. The fourth-order valence-corrected chi connectivity index (χ4v) is 2.00. The van der Waals surface area contributed by atoms with E-state index < -0.39 is 5.97 Å². The highest BCUT2D eigenvalue weighted by Gasteiger charge is 2.09. The maximum absolute atomic E-state index is 11.9. The molecular weight excluding hydrogens is 268 g/mol. The van der Waals surface area contributed by atoms with E-state index in [1.165, 1.54) is 0 Å². The number of carboxylic acids is 1. The molecular formula is C16H24N2O3. The largest absolute Gasteiger partial charge is 0.481 e. The molecule has 1 rings (SSSR count). The van der Waals surface area contributed by atoms with Crippen molar-refractivity contribution < 1.29 is 14.7 Å². The van der Waals surface area contributed by atoms with Crippen LogP contribution in [0.25, 0.3) is 0 Å². The van der Waals surface area contributed by atoms with Gasteiger partial charge in [-0.05, 0) is 30.5 Å². The number of carbonyl (C=O) groups excluding carboxylic acids is 1. The monoisotopic (exact) mass is 292 g/mol. The second-order valence-electron chi connectivity index (χ2n) is 5.41. The van der Waals surface area contributed by atoms with Crippen molar-refractivity contribution in [2.24, 2.45) is 0 Å². The lowest BCUT2D eigenvalue weighted by molar-refractivity contribution is -0.137. The van der Waals surface area contributed by atoms with Gasteiger partial charge in [0.25, 0.3) is 0 Å². The Balaban J connectivity index is 2.39. The zero-order valence-electron chi connectivity index (χ0n) is 13.0. The Labute approximate surface area is 126 Å². The fourth-order valence-electron chi connectivity index (χ4n) is 2.00. The van der Waals surface area contributed by atoms with E-state index in [2.05, 4.69) is 0 Å². The number of anilines is 1. The predicted octanol–water partition coefficient (Wildman–Crippen LogP) is 2.36. The summed E-state index contributed by atoms with van der Waals surface area (Å²) in [6.45, 7) is 0.575. The number of aliphatic carboxylic acids is 1. The quantitative estimate of drug-likeness (QED) is 0.747. The number of unbranched alkanes of at least 4 members (excludes halogenated alkanes) is 1. The number of benzene rings is 1. The van der Waals surface area contributed by atoms with Crippen LogP contribution < -0.4 is 4.90 Å². The van der Waals surface area contributed by atoms with E-state index in [0.717, 1.165) is 11.3 Å². The maximum atomic E-state index is 11.9. The molecule has 1 N–H and O–H groups in total. The third-order valence-electron chi connectivity index (χ3n) is 3.33. The number of carboxylic acid groups (broad SMARTS) is 1. The van der Waals surface area contributed by atoms with Crippen molar-refractivity contribution in [2.75, 3.05) is 26.0 Å². The normalized spacial score (nSPS) is 10.2. The minimum atomic E-state index is -0.809. The van der Waals surface area contributed by atoms with Crippen LogP contribution in [0, 0.1) is 0 Å². The summed E-state index contributed by atoms with van der Waals surface area (Å²) in [6, 6.07) is 8.09. The van der Waals surface area contributed by atoms with E-state index >= 15 is 0 Å². The molecule has 0 saturated heterocycles. The van der Waals surface area contributed by atoms with Gasteiger partial charge in [0.15, 0.2) is 0 Å². The Morgan fingerprint density at radius 2 is 1.57 bits per heavy atom. The molecule has 1 aromatic carbocycles. The van der Waals surface area contributed by atoms with Crippen molar-refractivity contribution in [1.82, 2.24) is 4.90 Å². The molecule has 0 radical (unpaired) electrons. The third kappa shape index (κ3) is 6.29. The lowest BCUT2D eigenvalue weighted by Gasteiger charge is -2.18. The van der Waals surface area contributed by atoms with Crippen LogP contribution in [-0.2, 0) is 16.1 Å². The topological polar surface area (TPSA) is 60.9 Å². The molecule has 0 heterocycles. The number of amides is 1. The molecule has 0 saturated carbocycles. The lowest BCUT2D eigenvalue weighted by Crippen LogP contribution is -2.25. The van der Waals surface area contributed by atoms with Gasteiger partial charge in [-0.25, -0.2) is 0 Å². The van der Waals surface area contributed by atoms with Crippen molar-refractivity contribution >= 4 is 17.6 Å². The van der Waals surface area contributed by atoms with Crippen LogP contribution in [0.3, 0.4) is 0 Å². The molecule has 0 aliphatic rings. The summed E-state index contributed by atoms with van der Waals surface area (Å²) in [5.74, 6) is -0.756. The van der Waals surface area contributed by atoms with Crippen molar-refractivity contribution in [2.45, 2.75) is 32.2 Å². The molecule has 21 heavy (non-hydrogen) atoms. The van der Waals surface area contributed by atoms with Crippen LogP contribution in [0.5, 0.6) is 0 Å². The Kier molecular flexibility index (Phi) is 6.72. The van der Waals surface area contributed by atoms with E-state index in [1.54, 1.807) is 11.9 Å². The van der Waals surface area contributed by atoms with Gasteiger partial charge in [0, 0.05) is 46.2 Å². The highest BCUT2D eigenvalue weighted by Crippen LogP contribution is 2.14. The fraction of sp³-hybridized carbons (Fsp3) is 0.500. The van der Waals surface area contributed by atoms with Crippen LogP contribution in [0.4, 0.5) is 5.69 Å². The first kappa shape index (κ1) is 17.0. The number of hydrogen-bond acceptors (Lipinski definition) is 3. The maximum Gasteiger partial charge on any atom is 0.303 e. The molecule has 5 nitrogen and oxygen atoms in total. The highest BCUT2D eigenvalue weighted by molar-refractivity contribution is 5.76. The van der Waals surface area contributed by atoms with Gasteiger partial charge in [-0.1, -0.05) is 12.1 Å². The second-order valence-corrected chi connectivity index (χ2v) is 5.41. The summed E-state index contributed by atoms with van der Waals surface area (Å²) < 4.78 is 0. The average molecular weight is 292 g/mol.